The highest BCUT2D eigenvalue weighted by molar-refractivity contribution is 5.71. The first-order valence-corrected chi connectivity index (χ1v) is 9.49. The van der Waals surface area contributed by atoms with Crippen LogP contribution < -0.4 is 14.8 Å². The smallest absolute Gasteiger partial charge is 0.162 e. The molecule has 1 aromatic carbocycles. The number of hydrogen-bond donors (Lipinski definition) is 2. The molecule has 7 heteroatoms. The quantitative estimate of drug-likeness (QED) is 0.447. The van der Waals surface area contributed by atoms with Crippen LogP contribution in [0.2, 0.25) is 0 Å². The summed E-state index contributed by atoms with van der Waals surface area (Å²) in [4.78, 5) is 7.89. The van der Waals surface area contributed by atoms with Crippen molar-refractivity contribution in [2.24, 2.45) is 0 Å². The predicted molar refractivity (Wildman–Crippen MR) is 120 cm³/mol. The van der Waals surface area contributed by atoms with Gasteiger partial charge in [0.2, 0.25) is 0 Å². The third-order valence-electron chi connectivity index (χ3n) is 4.73. The number of rotatable bonds is 7. The minimum Gasteiger partial charge on any atom is -0.493 e. The van der Waals surface area contributed by atoms with E-state index >= 15 is 0 Å². The molecule has 30 heavy (non-hydrogen) atoms. The number of imidazole rings is 1. The molecule has 4 rings (SSSR count). The highest BCUT2D eigenvalue weighted by atomic mass is 16.5. The number of anilines is 2. The number of allylic oxidation sites excluding steroid dienone is 1. The maximum absolute atomic E-state index is 5.38. The van der Waals surface area contributed by atoms with Gasteiger partial charge in [0.1, 0.15) is 5.69 Å². The van der Waals surface area contributed by atoms with Gasteiger partial charge in [-0.1, -0.05) is 18.7 Å². The summed E-state index contributed by atoms with van der Waals surface area (Å²) in [6, 6.07) is 11.5. The molecule has 2 N–H and O–H groups in total. The maximum Gasteiger partial charge on any atom is 0.162 e. The number of benzene rings is 1. The molecule has 0 atom stereocenters. The number of aromatic nitrogens is 4. The number of nitrogens with one attached hydrogen (secondary N) is 2. The predicted octanol–water partition coefficient (Wildman–Crippen LogP) is 5.16. The van der Waals surface area contributed by atoms with Gasteiger partial charge in [-0.05, 0) is 48.9 Å². The van der Waals surface area contributed by atoms with Crippen LogP contribution in [-0.2, 0) is 0 Å². The summed E-state index contributed by atoms with van der Waals surface area (Å²) in [7, 11) is 3.22. The molecule has 0 spiro atoms. The molecule has 0 saturated carbocycles. The minimum atomic E-state index is 0.645. The first kappa shape index (κ1) is 19.3. The van der Waals surface area contributed by atoms with Gasteiger partial charge in [-0.15, -0.1) is 5.10 Å². The van der Waals surface area contributed by atoms with E-state index in [0.29, 0.717) is 17.3 Å². The van der Waals surface area contributed by atoms with Crippen LogP contribution in [0.25, 0.3) is 29.2 Å². The minimum absolute atomic E-state index is 0.645. The van der Waals surface area contributed by atoms with Crippen LogP contribution in [0.15, 0.2) is 55.3 Å². The van der Waals surface area contributed by atoms with E-state index in [1.165, 1.54) is 0 Å². The van der Waals surface area contributed by atoms with E-state index in [9.17, 15) is 0 Å². The summed E-state index contributed by atoms with van der Waals surface area (Å²) in [6.07, 6.45) is 7.64. The van der Waals surface area contributed by atoms with E-state index in [2.05, 4.69) is 21.9 Å². The summed E-state index contributed by atoms with van der Waals surface area (Å²) in [5.41, 5.74) is 5.39. The lowest BCUT2D eigenvalue weighted by Gasteiger charge is -2.11. The van der Waals surface area contributed by atoms with Gasteiger partial charge in [0, 0.05) is 17.4 Å². The summed E-state index contributed by atoms with van der Waals surface area (Å²) < 4.78 is 12.5. The molecule has 152 valence electrons. The Balaban J connectivity index is 1.71. The molecule has 0 unspecified atom stereocenters. The molecule has 7 nitrogen and oxygen atoms in total. The Kier molecular flexibility index (Phi) is 5.26. The summed E-state index contributed by atoms with van der Waals surface area (Å²) >= 11 is 0. The Morgan fingerprint density at radius 1 is 1.10 bits per heavy atom. The standard InChI is InChI=1S/C23H23N5O2/c1-5-7-17-15(6-2)12-18(26-17)19-14-24-23-11-10-22(27-28(19)23)25-16-8-9-20(29-3)21(13-16)30-4/h5-14,26H,2H2,1,3-4H3,(H,25,27)/b7-5-. The maximum atomic E-state index is 5.38. The van der Waals surface area contributed by atoms with Crippen LogP contribution in [0, 0.1) is 0 Å². The van der Waals surface area contributed by atoms with Crippen LogP contribution in [0.1, 0.15) is 18.2 Å². The molecular weight excluding hydrogens is 378 g/mol. The van der Waals surface area contributed by atoms with Gasteiger partial charge < -0.3 is 19.8 Å². The summed E-state index contributed by atoms with van der Waals surface area (Å²) in [5.74, 6) is 2.00. The zero-order valence-electron chi connectivity index (χ0n) is 17.1. The van der Waals surface area contributed by atoms with Crippen molar-refractivity contribution in [3.8, 4) is 22.9 Å². The Morgan fingerprint density at radius 2 is 1.93 bits per heavy atom. The third kappa shape index (κ3) is 3.53. The van der Waals surface area contributed by atoms with Crippen molar-refractivity contribution in [3.63, 3.8) is 0 Å². The fraction of sp³-hybridized carbons (Fsp3) is 0.130. The van der Waals surface area contributed by atoms with Crippen LogP contribution in [0.4, 0.5) is 11.5 Å². The number of fused-ring (bicyclic) bond motifs is 1. The SMILES string of the molecule is C=Cc1cc(-c2cnc3ccc(Nc4ccc(OC)c(OC)c4)nn23)[nH]c1/C=C\C. The molecule has 0 bridgehead atoms. The zero-order chi connectivity index (χ0) is 21.1. The number of aromatic amines is 1. The first-order valence-electron chi connectivity index (χ1n) is 9.49. The van der Waals surface area contributed by atoms with Crippen molar-refractivity contribution in [2.75, 3.05) is 19.5 Å². The van der Waals surface area contributed by atoms with Crippen LogP contribution in [0.5, 0.6) is 11.5 Å². The highest BCUT2D eigenvalue weighted by Crippen LogP contribution is 2.31. The molecular formula is C23H23N5O2. The van der Waals surface area contributed by atoms with Crippen molar-refractivity contribution < 1.29 is 9.47 Å². The Hall–Kier alpha value is -4.00. The highest BCUT2D eigenvalue weighted by Gasteiger charge is 2.12. The van der Waals surface area contributed by atoms with Crippen molar-refractivity contribution in [1.29, 1.82) is 0 Å². The molecule has 3 heterocycles. The number of ether oxygens (including phenoxy) is 2. The number of nitrogens with zero attached hydrogens (tertiary/aromatic N) is 3. The largest absolute Gasteiger partial charge is 0.493 e. The fourth-order valence-electron chi connectivity index (χ4n) is 3.28. The van der Waals surface area contributed by atoms with Gasteiger partial charge in [-0.25, -0.2) is 9.50 Å². The van der Waals surface area contributed by atoms with E-state index < -0.39 is 0 Å². The Labute approximate surface area is 174 Å². The molecule has 0 aliphatic carbocycles. The van der Waals surface area contributed by atoms with Gasteiger partial charge >= 0.3 is 0 Å². The van der Waals surface area contributed by atoms with E-state index in [1.54, 1.807) is 24.9 Å². The lowest BCUT2D eigenvalue weighted by atomic mass is 10.2. The number of H-pyrrole nitrogens is 1. The zero-order valence-corrected chi connectivity index (χ0v) is 17.1. The Morgan fingerprint density at radius 3 is 2.67 bits per heavy atom. The van der Waals surface area contributed by atoms with Gasteiger partial charge in [0.25, 0.3) is 0 Å². The summed E-state index contributed by atoms with van der Waals surface area (Å²) in [5, 5.41) is 8.03. The molecule has 0 fully saturated rings. The second-order valence-corrected chi connectivity index (χ2v) is 6.58. The topological polar surface area (TPSA) is 76.5 Å². The first-order chi connectivity index (χ1) is 14.7. The van der Waals surface area contributed by atoms with E-state index in [-0.39, 0.29) is 0 Å². The number of hydrogen-bond acceptors (Lipinski definition) is 5. The van der Waals surface area contributed by atoms with Crippen LogP contribution in [-0.4, -0.2) is 33.8 Å². The Bertz CT molecular complexity index is 1240. The van der Waals surface area contributed by atoms with Gasteiger partial charge in [-0.3, -0.25) is 0 Å². The lowest BCUT2D eigenvalue weighted by molar-refractivity contribution is 0.355. The monoisotopic (exact) mass is 401 g/mol. The van der Waals surface area contributed by atoms with Crippen LogP contribution >= 0.6 is 0 Å². The average molecular weight is 401 g/mol. The molecule has 0 aliphatic heterocycles. The van der Waals surface area contributed by atoms with Crippen molar-refractivity contribution >= 4 is 29.3 Å². The molecule has 0 aliphatic rings. The van der Waals surface area contributed by atoms with E-state index in [4.69, 9.17) is 14.6 Å². The second-order valence-electron chi connectivity index (χ2n) is 6.58. The molecule has 4 aromatic rings. The summed E-state index contributed by atoms with van der Waals surface area (Å²) in [6.45, 7) is 5.88. The van der Waals surface area contributed by atoms with Crippen molar-refractivity contribution in [1.82, 2.24) is 19.6 Å². The van der Waals surface area contributed by atoms with Crippen molar-refractivity contribution in [3.05, 3.63) is 66.5 Å². The van der Waals surface area contributed by atoms with Crippen LogP contribution in [0.3, 0.4) is 0 Å². The van der Waals surface area contributed by atoms with Gasteiger partial charge in [0.05, 0.1) is 26.1 Å². The molecule has 0 amide bonds. The molecule has 0 saturated heterocycles. The third-order valence-corrected chi connectivity index (χ3v) is 4.73. The second kappa shape index (κ2) is 8.16. The number of methoxy groups -OCH3 is 2. The molecule has 0 radical (unpaired) electrons. The van der Waals surface area contributed by atoms with E-state index in [0.717, 1.165) is 34.0 Å². The average Bonchev–Trinajstić information content (AvgIpc) is 3.37. The van der Waals surface area contributed by atoms with Gasteiger partial charge in [0.15, 0.2) is 23.0 Å². The van der Waals surface area contributed by atoms with Gasteiger partial charge in [-0.2, -0.15) is 0 Å². The van der Waals surface area contributed by atoms with E-state index in [1.807, 2.05) is 61.5 Å². The molecule has 3 aromatic heterocycles. The fourth-order valence-corrected chi connectivity index (χ4v) is 3.28. The lowest BCUT2D eigenvalue weighted by Crippen LogP contribution is -2.01. The van der Waals surface area contributed by atoms with Crippen molar-refractivity contribution in [2.45, 2.75) is 6.92 Å². The normalized spacial score (nSPS) is 11.2.